The van der Waals surface area contributed by atoms with Crippen LogP contribution in [-0.2, 0) is 12.8 Å². The average molecular weight is 380 g/mol. The number of hydrazine groups is 1. The van der Waals surface area contributed by atoms with Gasteiger partial charge in [-0.1, -0.05) is 30.3 Å². The molecule has 0 bridgehead atoms. The fourth-order valence-electron chi connectivity index (χ4n) is 2.61. The molecular formula is C16H17IN2O. The summed E-state index contributed by atoms with van der Waals surface area (Å²) in [5.41, 5.74) is 5.45. The van der Waals surface area contributed by atoms with Crippen LogP contribution >= 0.6 is 22.6 Å². The largest absolute Gasteiger partial charge is 0.488 e. The Bertz CT molecular complexity index is 560. The van der Waals surface area contributed by atoms with Crippen molar-refractivity contribution in [3.8, 4) is 5.75 Å². The van der Waals surface area contributed by atoms with E-state index in [-0.39, 0.29) is 12.1 Å². The van der Waals surface area contributed by atoms with E-state index in [0.29, 0.717) is 0 Å². The fraction of sp³-hybridized carbons (Fsp3) is 0.250. The molecule has 0 saturated carbocycles. The molecule has 0 aromatic heterocycles. The van der Waals surface area contributed by atoms with E-state index in [2.05, 4.69) is 64.4 Å². The number of rotatable bonds is 4. The SMILES string of the molecule is NNC(Cc1ccc(I)cc1)C1Cc2ccccc2O1. The Morgan fingerprint density at radius 1 is 1.20 bits per heavy atom. The standard InChI is InChI=1S/C16H17IN2O/c17-13-7-5-11(6-8-13)9-14(19-18)16-10-12-3-1-2-4-15(12)20-16/h1-8,14,16,19H,9-10,18H2. The van der Waals surface area contributed by atoms with Gasteiger partial charge in [-0.05, 0) is 58.3 Å². The minimum Gasteiger partial charge on any atom is -0.488 e. The van der Waals surface area contributed by atoms with E-state index < -0.39 is 0 Å². The van der Waals surface area contributed by atoms with E-state index in [1.54, 1.807) is 0 Å². The average Bonchev–Trinajstić information content (AvgIpc) is 2.90. The molecule has 0 amide bonds. The molecule has 1 heterocycles. The van der Waals surface area contributed by atoms with Crippen molar-refractivity contribution in [2.75, 3.05) is 0 Å². The number of fused-ring (bicyclic) bond motifs is 1. The number of nitrogens with one attached hydrogen (secondary N) is 1. The Kier molecular flexibility index (Phi) is 4.24. The Hall–Kier alpha value is -1.11. The van der Waals surface area contributed by atoms with Crippen LogP contribution in [0.25, 0.3) is 0 Å². The highest BCUT2D eigenvalue weighted by Crippen LogP contribution is 2.30. The third-order valence-electron chi connectivity index (χ3n) is 3.70. The van der Waals surface area contributed by atoms with E-state index >= 15 is 0 Å². The van der Waals surface area contributed by atoms with Crippen LogP contribution in [0.5, 0.6) is 5.75 Å². The van der Waals surface area contributed by atoms with Crippen molar-refractivity contribution < 1.29 is 4.74 Å². The van der Waals surface area contributed by atoms with Crippen molar-refractivity contribution in [3.63, 3.8) is 0 Å². The Labute approximate surface area is 132 Å². The summed E-state index contributed by atoms with van der Waals surface area (Å²) in [4.78, 5) is 0. The van der Waals surface area contributed by atoms with Crippen molar-refractivity contribution >= 4 is 22.6 Å². The summed E-state index contributed by atoms with van der Waals surface area (Å²) >= 11 is 2.31. The predicted molar refractivity (Wildman–Crippen MR) is 88.5 cm³/mol. The van der Waals surface area contributed by atoms with Crippen molar-refractivity contribution in [1.82, 2.24) is 5.43 Å². The molecular weight excluding hydrogens is 363 g/mol. The first-order valence-corrected chi connectivity index (χ1v) is 7.79. The van der Waals surface area contributed by atoms with Gasteiger partial charge in [-0.15, -0.1) is 0 Å². The molecule has 3 rings (SSSR count). The second-order valence-electron chi connectivity index (χ2n) is 5.07. The molecule has 4 heteroatoms. The maximum atomic E-state index is 6.01. The molecule has 1 aliphatic rings. The van der Waals surface area contributed by atoms with Gasteiger partial charge in [0.25, 0.3) is 0 Å². The lowest BCUT2D eigenvalue weighted by molar-refractivity contribution is 0.177. The molecule has 2 aromatic carbocycles. The minimum atomic E-state index is 0.0941. The van der Waals surface area contributed by atoms with Gasteiger partial charge in [0.05, 0.1) is 6.04 Å². The summed E-state index contributed by atoms with van der Waals surface area (Å²) in [6.07, 6.45) is 1.87. The highest BCUT2D eigenvalue weighted by Gasteiger charge is 2.29. The molecule has 0 fully saturated rings. The van der Waals surface area contributed by atoms with E-state index in [0.717, 1.165) is 18.6 Å². The lowest BCUT2D eigenvalue weighted by Crippen LogP contribution is -2.47. The van der Waals surface area contributed by atoms with Gasteiger partial charge in [-0.2, -0.15) is 0 Å². The minimum absolute atomic E-state index is 0.0941. The lowest BCUT2D eigenvalue weighted by atomic mass is 9.98. The summed E-state index contributed by atoms with van der Waals surface area (Å²) in [5, 5.41) is 0. The normalized spacial score (nSPS) is 18.4. The van der Waals surface area contributed by atoms with Crippen LogP contribution < -0.4 is 16.0 Å². The number of halogens is 1. The summed E-state index contributed by atoms with van der Waals surface area (Å²) < 4.78 is 7.26. The van der Waals surface area contributed by atoms with Gasteiger partial charge in [0.2, 0.25) is 0 Å². The molecule has 20 heavy (non-hydrogen) atoms. The van der Waals surface area contributed by atoms with Crippen LogP contribution in [0.4, 0.5) is 0 Å². The van der Waals surface area contributed by atoms with Gasteiger partial charge >= 0.3 is 0 Å². The Balaban J connectivity index is 1.71. The van der Waals surface area contributed by atoms with Crippen LogP contribution in [0, 0.1) is 3.57 Å². The van der Waals surface area contributed by atoms with Crippen LogP contribution in [0.15, 0.2) is 48.5 Å². The van der Waals surface area contributed by atoms with Gasteiger partial charge in [0, 0.05) is 9.99 Å². The number of hydrogen-bond acceptors (Lipinski definition) is 3. The number of benzene rings is 2. The summed E-state index contributed by atoms with van der Waals surface area (Å²) in [6, 6.07) is 16.8. The Morgan fingerprint density at radius 2 is 1.95 bits per heavy atom. The molecule has 104 valence electrons. The number of hydrogen-bond donors (Lipinski definition) is 2. The van der Waals surface area contributed by atoms with Gasteiger partial charge in [-0.3, -0.25) is 11.3 Å². The van der Waals surface area contributed by atoms with Crippen molar-refractivity contribution in [2.45, 2.75) is 25.0 Å². The van der Waals surface area contributed by atoms with Crippen molar-refractivity contribution in [3.05, 3.63) is 63.2 Å². The molecule has 1 aliphatic heterocycles. The summed E-state index contributed by atoms with van der Waals surface area (Å²) in [5.74, 6) is 6.72. The number of para-hydroxylation sites is 1. The zero-order valence-corrected chi connectivity index (χ0v) is 13.2. The topological polar surface area (TPSA) is 47.3 Å². The lowest BCUT2D eigenvalue weighted by Gasteiger charge is -2.22. The number of nitrogens with two attached hydrogens (primary N) is 1. The van der Waals surface area contributed by atoms with Crippen molar-refractivity contribution in [1.29, 1.82) is 0 Å². The second-order valence-corrected chi connectivity index (χ2v) is 6.32. The molecule has 2 aromatic rings. The molecule has 2 unspecified atom stereocenters. The molecule has 3 nitrogen and oxygen atoms in total. The predicted octanol–water partition coefficient (Wildman–Crippen LogP) is 2.67. The smallest absolute Gasteiger partial charge is 0.123 e. The first-order chi connectivity index (χ1) is 9.76. The van der Waals surface area contributed by atoms with Gasteiger partial charge in [-0.25, -0.2) is 0 Å². The van der Waals surface area contributed by atoms with Crippen LogP contribution in [0.2, 0.25) is 0 Å². The first-order valence-electron chi connectivity index (χ1n) is 6.71. The molecule has 0 spiro atoms. The van der Waals surface area contributed by atoms with Crippen LogP contribution in [0.1, 0.15) is 11.1 Å². The zero-order chi connectivity index (χ0) is 13.9. The van der Waals surface area contributed by atoms with Gasteiger partial charge < -0.3 is 4.74 Å². The molecule has 0 aliphatic carbocycles. The number of ether oxygens (including phenoxy) is 1. The van der Waals surface area contributed by atoms with E-state index in [9.17, 15) is 0 Å². The third-order valence-corrected chi connectivity index (χ3v) is 4.42. The Morgan fingerprint density at radius 3 is 2.65 bits per heavy atom. The third kappa shape index (κ3) is 2.97. The summed E-state index contributed by atoms with van der Waals surface area (Å²) in [7, 11) is 0. The maximum absolute atomic E-state index is 6.01. The first kappa shape index (κ1) is 13.9. The second kappa shape index (κ2) is 6.11. The monoisotopic (exact) mass is 380 g/mol. The molecule has 2 atom stereocenters. The van der Waals surface area contributed by atoms with Crippen molar-refractivity contribution in [2.24, 2.45) is 5.84 Å². The fourth-order valence-corrected chi connectivity index (χ4v) is 2.97. The van der Waals surface area contributed by atoms with Gasteiger partial charge in [0.15, 0.2) is 0 Å². The highest BCUT2D eigenvalue weighted by molar-refractivity contribution is 14.1. The highest BCUT2D eigenvalue weighted by atomic mass is 127. The summed E-state index contributed by atoms with van der Waals surface area (Å²) in [6.45, 7) is 0. The van der Waals surface area contributed by atoms with Crippen LogP contribution in [-0.4, -0.2) is 12.1 Å². The maximum Gasteiger partial charge on any atom is 0.123 e. The van der Waals surface area contributed by atoms with Crippen LogP contribution in [0.3, 0.4) is 0 Å². The quantitative estimate of drug-likeness (QED) is 0.487. The van der Waals surface area contributed by atoms with E-state index in [1.807, 2.05) is 12.1 Å². The molecule has 0 saturated heterocycles. The van der Waals surface area contributed by atoms with E-state index in [4.69, 9.17) is 10.6 Å². The van der Waals surface area contributed by atoms with Gasteiger partial charge in [0.1, 0.15) is 11.9 Å². The van der Waals surface area contributed by atoms with E-state index in [1.165, 1.54) is 14.7 Å². The molecule has 0 radical (unpaired) electrons. The zero-order valence-electron chi connectivity index (χ0n) is 11.1. The molecule has 3 N–H and O–H groups in total.